The highest BCUT2D eigenvalue weighted by Crippen LogP contribution is 2.22. The van der Waals surface area contributed by atoms with Crippen LogP contribution in [0.15, 0.2) is 65.3 Å². The zero-order valence-electron chi connectivity index (χ0n) is 22.9. The van der Waals surface area contributed by atoms with Crippen molar-refractivity contribution in [1.29, 1.82) is 0 Å². The van der Waals surface area contributed by atoms with Crippen LogP contribution < -0.4 is 16.0 Å². The van der Waals surface area contributed by atoms with E-state index in [1.807, 2.05) is 0 Å². The molecule has 2 aromatic heterocycles. The Hall–Kier alpha value is -5.86. The van der Waals surface area contributed by atoms with Gasteiger partial charge in [-0.05, 0) is 48.5 Å². The number of anilines is 2. The molecule has 0 aliphatic rings. The van der Waals surface area contributed by atoms with Gasteiger partial charge < -0.3 is 30.3 Å². The number of aryl methyl sites for hydroxylation is 1. The standard InChI is InChI=1S/C28H27N7O8/c1-42-28(41)18-4-8-20(9-5-18)31-26(38)12-13-35-16-21(32-34-35)15-29-24(36)10-11-25(37)30-19-6-2-17(3-7-19)23-14-22(27(39)40)33-43-23/h2-9,14,16H,10-13,15H2,1H3,(H,29,36)(H,30,37)(H,31,38)(H,39,40). The maximum absolute atomic E-state index is 12.3. The molecule has 0 saturated heterocycles. The van der Waals surface area contributed by atoms with E-state index in [1.54, 1.807) is 54.7 Å². The van der Waals surface area contributed by atoms with Crippen molar-refractivity contribution in [2.24, 2.45) is 0 Å². The summed E-state index contributed by atoms with van der Waals surface area (Å²) in [5.41, 5.74) is 2.26. The molecule has 0 atom stereocenters. The highest BCUT2D eigenvalue weighted by atomic mass is 16.5. The number of nitrogens with one attached hydrogen (secondary N) is 3. The van der Waals surface area contributed by atoms with Gasteiger partial charge in [0.25, 0.3) is 0 Å². The average Bonchev–Trinajstić information content (AvgIpc) is 3.69. The lowest BCUT2D eigenvalue weighted by Crippen LogP contribution is -2.24. The number of hydrogen-bond acceptors (Lipinski definition) is 10. The van der Waals surface area contributed by atoms with E-state index in [0.717, 1.165) is 0 Å². The predicted octanol–water partition coefficient (Wildman–Crippen LogP) is 2.48. The molecular weight excluding hydrogens is 562 g/mol. The average molecular weight is 590 g/mol. The number of carbonyl (C=O) groups excluding carboxylic acids is 4. The number of ether oxygens (including phenoxy) is 1. The molecule has 3 amide bonds. The van der Waals surface area contributed by atoms with E-state index in [0.29, 0.717) is 28.2 Å². The minimum absolute atomic E-state index is 0.0468. The Labute approximate surface area is 244 Å². The van der Waals surface area contributed by atoms with Crippen LogP contribution in [0.1, 0.15) is 45.8 Å². The van der Waals surface area contributed by atoms with Crippen molar-refractivity contribution in [3.05, 3.63) is 77.7 Å². The maximum atomic E-state index is 12.3. The molecule has 0 saturated carbocycles. The molecule has 222 valence electrons. The van der Waals surface area contributed by atoms with Gasteiger partial charge in [0, 0.05) is 42.3 Å². The molecule has 2 aromatic carbocycles. The topological polar surface area (TPSA) is 208 Å². The molecule has 0 bridgehead atoms. The van der Waals surface area contributed by atoms with E-state index in [4.69, 9.17) is 9.63 Å². The first-order valence-electron chi connectivity index (χ1n) is 12.9. The van der Waals surface area contributed by atoms with Gasteiger partial charge in [-0.25, -0.2) is 9.59 Å². The molecule has 15 nitrogen and oxygen atoms in total. The summed E-state index contributed by atoms with van der Waals surface area (Å²) >= 11 is 0. The second kappa shape index (κ2) is 14.2. The third kappa shape index (κ3) is 8.81. The summed E-state index contributed by atoms with van der Waals surface area (Å²) in [6.07, 6.45) is 1.63. The molecule has 0 spiro atoms. The van der Waals surface area contributed by atoms with Gasteiger partial charge in [-0.2, -0.15) is 0 Å². The smallest absolute Gasteiger partial charge is 0.358 e. The number of carboxylic acid groups (broad SMARTS) is 1. The van der Waals surface area contributed by atoms with Crippen LogP contribution in [0.3, 0.4) is 0 Å². The summed E-state index contributed by atoms with van der Waals surface area (Å²) in [6, 6.07) is 14.1. The number of nitrogens with zero attached hydrogens (tertiary/aromatic N) is 4. The summed E-state index contributed by atoms with van der Waals surface area (Å²) in [6.45, 7) is 0.363. The number of methoxy groups -OCH3 is 1. The number of aromatic nitrogens is 4. The van der Waals surface area contributed by atoms with E-state index in [9.17, 15) is 24.0 Å². The van der Waals surface area contributed by atoms with Gasteiger partial charge in [-0.3, -0.25) is 19.1 Å². The van der Waals surface area contributed by atoms with Crippen molar-refractivity contribution in [1.82, 2.24) is 25.5 Å². The number of benzene rings is 2. The molecule has 15 heteroatoms. The maximum Gasteiger partial charge on any atom is 0.358 e. The van der Waals surface area contributed by atoms with Gasteiger partial charge in [0.05, 0.1) is 32.0 Å². The van der Waals surface area contributed by atoms with Crippen molar-refractivity contribution in [2.75, 3.05) is 17.7 Å². The van der Waals surface area contributed by atoms with Crippen molar-refractivity contribution >= 4 is 41.0 Å². The van der Waals surface area contributed by atoms with Gasteiger partial charge in [0.1, 0.15) is 5.69 Å². The fourth-order valence-electron chi connectivity index (χ4n) is 3.73. The van der Waals surface area contributed by atoms with Crippen LogP contribution in [-0.2, 0) is 32.2 Å². The molecule has 2 heterocycles. The first-order valence-corrected chi connectivity index (χ1v) is 12.9. The Bertz CT molecular complexity index is 1610. The highest BCUT2D eigenvalue weighted by Gasteiger charge is 2.13. The van der Waals surface area contributed by atoms with E-state index in [2.05, 4.69) is 36.2 Å². The first-order chi connectivity index (χ1) is 20.7. The van der Waals surface area contributed by atoms with Gasteiger partial charge in [0.2, 0.25) is 17.7 Å². The molecule has 0 fully saturated rings. The van der Waals surface area contributed by atoms with E-state index < -0.39 is 11.9 Å². The van der Waals surface area contributed by atoms with E-state index >= 15 is 0 Å². The fourth-order valence-corrected chi connectivity index (χ4v) is 3.73. The summed E-state index contributed by atoms with van der Waals surface area (Å²) in [4.78, 5) is 59.1. The van der Waals surface area contributed by atoms with Crippen LogP contribution in [-0.4, -0.2) is 62.0 Å². The van der Waals surface area contributed by atoms with Crippen molar-refractivity contribution in [3.63, 3.8) is 0 Å². The van der Waals surface area contributed by atoms with Gasteiger partial charge in [0.15, 0.2) is 11.5 Å². The first kappa shape index (κ1) is 30.1. The SMILES string of the molecule is COC(=O)c1ccc(NC(=O)CCn2cc(CNC(=O)CCC(=O)Nc3ccc(-c4cc(C(=O)O)no4)cc3)nn2)cc1. The minimum Gasteiger partial charge on any atom is -0.476 e. The van der Waals surface area contributed by atoms with Crippen LogP contribution in [0.5, 0.6) is 0 Å². The highest BCUT2D eigenvalue weighted by molar-refractivity contribution is 5.94. The molecule has 4 rings (SSSR count). The normalized spacial score (nSPS) is 10.5. The Morgan fingerprint density at radius 2 is 1.51 bits per heavy atom. The van der Waals surface area contributed by atoms with E-state index in [-0.39, 0.29) is 61.5 Å². The predicted molar refractivity (Wildman–Crippen MR) is 150 cm³/mol. The number of aromatic carboxylic acids is 1. The third-order valence-corrected chi connectivity index (χ3v) is 5.97. The largest absolute Gasteiger partial charge is 0.476 e. The van der Waals surface area contributed by atoms with Crippen molar-refractivity contribution < 1.29 is 38.3 Å². The third-order valence-electron chi connectivity index (χ3n) is 5.97. The van der Waals surface area contributed by atoms with Crippen molar-refractivity contribution in [3.8, 4) is 11.3 Å². The zero-order chi connectivity index (χ0) is 30.8. The summed E-state index contributed by atoms with van der Waals surface area (Å²) < 4.78 is 11.1. The number of amides is 3. The lowest BCUT2D eigenvalue weighted by molar-refractivity contribution is -0.124. The minimum atomic E-state index is -1.20. The Balaban J connectivity index is 1.13. The van der Waals surface area contributed by atoms with Crippen LogP contribution in [0.4, 0.5) is 11.4 Å². The molecule has 4 aromatic rings. The quantitative estimate of drug-likeness (QED) is 0.167. The number of carbonyl (C=O) groups is 5. The molecule has 0 radical (unpaired) electrons. The molecule has 4 N–H and O–H groups in total. The molecule has 0 aliphatic heterocycles. The summed E-state index contributed by atoms with van der Waals surface area (Å²) in [7, 11) is 1.29. The second-order valence-electron chi connectivity index (χ2n) is 9.12. The second-order valence-corrected chi connectivity index (χ2v) is 9.12. The zero-order valence-corrected chi connectivity index (χ0v) is 22.9. The van der Waals surface area contributed by atoms with Crippen LogP contribution in [0, 0.1) is 0 Å². The lowest BCUT2D eigenvalue weighted by Gasteiger charge is -2.06. The number of rotatable bonds is 13. The Morgan fingerprint density at radius 3 is 2.14 bits per heavy atom. The molecular formula is C28H27N7O8. The summed E-state index contributed by atoms with van der Waals surface area (Å²) in [5.74, 6) is -2.36. The lowest BCUT2D eigenvalue weighted by atomic mass is 10.1. The van der Waals surface area contributed by atoms with Gasteiger partial charge >= 0.3 is 11.9 Å². The molecule has 43 heavy (non-hydrogen) atoms. The van der Waals surface area contributed by atoms with Crippen LogP contribution in [0.25, 0.3) is 11.3 Å². The fraction of sp³-hybridized carbons (Fsp3) is 0.214. The molecule has 0 aliphatic carbocycles. The number of esters is 1. The Morgan fingerprint density at radius 1 is 0.884 bits per heavy atom. The Kier molecular flexibility index (Phi) is 9.91. The summed E-state index contributed by atoms with van der Waals surface area (Å²) in [5, 5.41) is 28.4. The van der Waals surface area contributed by atoms with Crippen molar-refractivity contribution in [2.45, 2.75) is 32.4 Å². The van der Waals surface area contributed by atoms with Crippen LogP contribution >= 0.6 is 0 Å². The monoisotopic (exact) mass is 589 g/mol. The number of carboxylic acids is 1. The van der Waals surface area contributed by atoms with Crippen LogP contribution in [0.2, 0.25) is 0 Å². The molecule has 0 unspecified atom stereocenters. The number of hydrogen-bond donors (Lipinski definition) is 4. The van der Waals surface area contributed by atoms with Gasteiger partial charge in [-0.1, -0.05) is 10.4 Å². The van der Waals surface area contributed by atoms with Gasteiger partial charge in [-0.15, -0.1) is 5.10 Å². The van der Waals surface area contributed by atoms with E-state index in [1.165, 1.54) is 17.9 Å².